The van der Waals surface area contributed by atoms with E-state index in [4.69, 9.17) is 25.8 Å². The van der Waals surface area contributed by atoms with E-state index in [1.807, 2.05) is 32.9 Å². The molecule has 0 saturated carbocycles. The Morgan fingerprint density at radius 2 is 1.79 bits per heavy atom. The Morgan fingerprint density at radius 3 is 2.44 bits per heavy atom. The number of alkyl halides is 1. The van der Waals surface area contributed by atoms with Gasteiger partial charge in [0.05, 0.1) is 26.3 Å². The van der Waals surface area contributed by atoms with Crippen LogP contribution in [-0.4, -0.2) is 67.8 Å². The van der Waals surface area contributed by atoms with E-state index in [1.165, 1.54) is 11.1 Å². The molecule has 8 nitrogen and oxygen atoms in total. The summed E-state index contributed by atoms with van der Waals surface area (Å²) in [4.78, 5) is 27.6. The average molecular weight is 496 g/mol. The van der Waals surface area contributed by atoms with Crippen LogP contribution in [0.5, 0.6) is 11.5 Å². The van der Waals surface area contributed by atoms with Crippen molar-refractivity contribution in [2.45, 2.75) is 76.6 Å². The fourth-order valence-electron chi connectivity index (χ4n) is 4.78. The minimum absolute atomic E-state index is 0.0200. The first-order chi connectivity index (χ1) is 16.1. The van der Waals surface area contributed by atoms with Gasteiger partial charge in [0, 0.05) is 31.4 Å². The minimum Gasteiger partial charge on any atom is -0.493 e. The van der Waals surface area contributed by atoms with E-state index >= 15 is 0 Å². The highest BCUT2D eigenvalue weighted by Crippen LogP contribution is 2.41. The summed E-state index contributed by atoms with van der Waals surface area (Å²) >= 11 is 5.75. The number of carbonyl (C=O) groups excluding carboxylic acids is 2. The molecule has 3 unspecified atom stereocenters. The number of rotatable bonds is 8. The molecule has 9 heteroatoms. The molecule has 2 aliphatic rings. The first-order valence-corrected chi connectivity index (χ1v) is 12.5. The first kappa shape index (κ1) is 26.4. The van der Waals surface area contributed by atoms with Gasteiger partial charge in [-0.2, -0.15) is 0 Å². The first-order valence-electron chi connectivity index (χ1n) is 12.0. The van der Waals surface area contributed by atoms with Crippen LogP contribution in [0, 0.1) is 0 Å². The second-order valence-electron chi connectivity index (χ2n) is 9.98. The van der Waals surface area contributed by atoms with Crippen molar-refractivity contribution in [1.82, 2.24) is 15.5 Å². The molecule has 0 spiro atoms. The number of halogens is 1. The lowest BCUT2D eigenvalue weighted by molar-refractivity contribution is -0.122. The van der Waals surface area contributed by atoms with Crippen LogP contribution >= 0.6 is 11.6 Å². The molecule has 3 rings (SSSR count). The van der Waals surface area contributed by atoms with Crippen LogP contribution in [0.1, 0.15) is 63.6 Å². The smallest absolute Gasteiger partial charge is 0.407 e. The third-order valence-electron chi connectivity index (χ3n) is 6.34. The van der Waals surface area contributed by atoms with Crippen LogP contribution in [0.4, 0.5) is 4.79 Å². The zero-order chi connectivity index (χ0) is 24.9. The van der Waals surface area contributed by atoms with E-state index in [1.54, 1.807) is 14.2 Å². The van der Waals surface area contributed by atoms with Crippen LogP contribution in [0.25, 0.3) is 0 Å². The van der Waals surface area contributed by atoms with Gasteiger partial charge in [0.15, 0.2) is 11.5 Å². The van der Waals surface area contributed by atoms with Gasteiger partial charge in [0.25, 0.3) is 0 Å². The number of methoxy groups -OCH3 is 2. The highest BCUT2D eigenvalue weighted by atomic mass is 35.5. The van der Waals surface area contributed by atoms with Crippen molar-refractivity contribution in [2.24, 2.45) is 0 Å². The van der Waals surface area contributed by atoms with Crippen molar-refractivity contribution in [2.75, 3.05) is 33.2 Å². The summed E-state index contributed by atoms with van der Waals surface area (Å²) < 4.78 is 16.6. The summed E-state index contributed by atoms with van der Waals surface area (Å²) in [6.45, 7) is 7.01. The van der Waals surface area contributed by atoms with Gasteiger partial charge in [-0.05, 0) is 69.7 Å². The Balaban J connectivity index is 1.82. The molecule has 1 fully saturated rings. The molecule has 1 aromatic carbocycles. The number of nitrogens with one attached hydrogen (secondary N) is 2. The van der Waals surface area contributed by atoms with Gasteiger partial charge in [-0.1, -0.05) is 0 Å². The molecule has 1 saturated heterocycles. The van der Waals surface area contributed by atoms with Crippen molar-refractivity contribution in [1.29, 1.82) is 0 Å². The van der Waals surface area contributed by atoms with E-state index in [0.29, 0.717) is 31.0 Å². The molecule has 2 heterocycles. The van der Waals surface area contributed by atoms with E-state index in [2.05, 4.69) is 15.5 Å². The fraction of sp³-hybridized carbons (Fsp3) is 0.680. The lowest BCUT2D eigenvalue weighted by Crippen LogP contribution is -2.62. The summed E-state index contributed by atoms with van der Waals surface area (Å²) in [6, 6.07) is 3.70. The molecule has 2 aliphatic heterocycles. The summed E-state index contributed by atoms with van der Waals surface area (Å²) in [5.41, 5.74) is 1.79. The standard InChI is InChI=1S/C25H38ClN3O5/c1-25(2,3)34-24(31)28-18-14-20-17-13-22(33-5)21(32-4)12-16(17)9-11-29(20)15-19(18)27-23(30)8-6-7-10-26/h12-13,18-20H,6-11,14-15H2,1-5H3,(H,27,30)(H,28,31). The Hall–Kier alpha value is -2.19. The van der Waals surface area contributed by atoms with E-state index in [0.717, 1.165) is 31.6 Å². The number of carbonyl (C=O) groups is 2. The third-order valence-corrected chi connectivity index (χ3v) is 6.61. The number of piperidine rings is 1. The van der Waals surface area contributed by atoms with Crippen molar-refractivity contribution >= 4 is 23.6 Å². The topological polar surface area (TPSA) is 89.1 Å². The lowest BCUT2D eigenvalue weighted by Gasteiger charge is -2.47. The molecule has 34 heavy (non-hydrogen) atoms. The van der Waals surface area contributed by atoms with Crippen molar-refractivity contribution < 1.29 is 23.8 Å². The van der Waals surface area contributed by atoms with Gasteiger partial charge in [-0.25, -0.2) is 4.79 Å². The number of hydrogen-bond acceptors (Lipinski definition) is 6. The van der Waals surface area contributed by atoms with Crippen molar-refractivity contribution in [3.8, 4) is 11.5 Å². The third kappa shape index (κ3) is 6.69. The second kappa shape index (κ2) is 11.5. The molecule has 0 aliphatic carbocycles. The Morgan fingerprint density at radius 1 is 1.09 bits per heavy atom. The van der Waals surface area contributed by atoms with Crippen molar-refractivity contribution in [3.05, 3.63) is 23.3 Å². The molecular weight excluding hydrogens is 458 g/mol. The maximum atomic E-state index is 12.6. The Labute approximate surface area is 207 Å². The summed E-state index contributed by atoms with van der Waals surface area (Å²) in [5.74, 6) is 1.93. The largest absolute Gasteiger partial charge is 0.493 e. The predicted molar refractivity (Wildman–Crippen MR) is 132 cm³/mol. The number of alkyl carbamates (subject to hydrolysis) is 1. The summed E-state index contributed by atoms with van der Waals surface area (Å²) in [7, 11) is 3.27. The van der Waals surface area contributed by atoms with Crippen LogP contribution < -0.4 is 20.1 Å². The number of unbranched alkanes of at least 4 members (excludes halogenated alkanes) is 1. The monoisotopic (exact) mass is 495 g/mol. The molecule has 2 N–H and O–H groups in total. The van der Waals surface area contributed by atoms with Gasteiger partial charge in [-0.15, -0.1) is 11.6 Å². The van der Waals surface area contributed by atoms with Crippen LogP contribution in [0.2, 0.25) is 0 Å². The summed E-state index contributed by atoms with van der Waals surface area (Å²) in [6.07, 6.45) is 3.02. The average Bonchev–Trinajstić information content (AvgIpc) is 2.77. The second-order valence-corrected chi connectivity index (χ2v) is 10.4. The van der Waals surface area contributed by atoms with Gasteiger partial charge in [-0.3, -0.25) is 9.69 Å². The van der Waals surface area contributed by atoms with E-state index in [-0.39, 0.29) is 24.0 Å². The van der Waals surface area contributed by atoms with E-state index in [9.17, 15) is 9.59 Å². The van der Waals surface area contributed by atoms with Gasteiger partial charge >= 0.3 is 6.09 Å². The number of amides is 2. The summed E-state index contributed by atoms with van der Waals surface area (Å²) in [5, 5.41) is 6.19. The maximum Gasteiger partial charge on any atom is 0.407 e. The van der Waals surface area contributed by atoms with E-state index < -0.39 is 11.7 Å². The Kier molecular flexibility index (Phi) is 8.93. The molecule has 3 atom stereocenters. The quantitative estimate of drug-likeness (QED) is 0.421. The number of ether oxygens (including phenoxy) is 3. The number of nitrogens with zero attached hydrogens (tertiary/aromatic N) is 1. The zero-order valence-electron chi connectivity index (χ0n) is 20.9. The number of hydrogen-bond donors (Lipinski definition) is 2. The SMILES string of the molecule is COc1cc2c(cc1OC)C1CC(NC(=O)OC(C)(C)C)C(NC(=O)CCCCCl)CN1CC2. The highest BCUT2D eigenvalue weighted by molar-refractivity contribution is 6.17. The minimum atomic E-state index is -0.605. The lowest BCUT2D eigenvalue weighted by atomic mass is 9.83. The van der Waals surface area contributed by atoms with Crippen LogP contribution in [0.3, 0.4) is 0 Å². The Bertz CT molecular complexity index is 873. The normalized spacial score (nSPS) is 22.2. The van der Waals surface area contributed by atoms with Crippen LogP contribution in [-0.2, 0) is 16.0 Å². The molecule has 0 aromatic heterocycles. The zero-order valence-corrected chi connectivity index (χ0v) is 21.7. The van der Waals surface area contributed by atoms with Gasteiger partial charge < -0.3 is 24.8 Å². The number of benzene rings is 1. The van der Waals surface area contributed by atoms with Gasteiger partial charge in [0.2, 0.25) is 5.91 Å². The molecular formula is C25H38ClN3O5. The molecule has 190 valence electrons. The molecule has 2 amide bonds. The molecule has 0 bridgehead atoms. The number of fused-ring (bicyclic) bond motifs is 3. The highest BCUT2D eigenvalue weighted by Gasteiger charge is 2.41. The van der Waals surface area contributed by atoms with Gasteiger partial charge in [0.1, 0.15) is 5.60 Å². The molecule has 0 radical (unpaired) electrons. The fourth-order valence-corrected chi connectivity index (χ4v) is 4.97. The molecule has 1 aromatic rings. The van der Waals surface area contributed by atoms with Crippen molar-refractivity contribution in [3.63, 3.8) is 0 Å². The predicted octanol–water partition coefficient (Wildman–Crippen LogP) is 3.79. The van der Waals surface area contributed by atoms with Crippen LogP contribution in [0.15, 0.2) is 12.1 Å². The maximum absolute atomic E-state index is 12.6.